The van der Waals surface area contributed by atoms with Gasteiger partial charge < -0.3 is 16.2 Å². The van der Waals surface area contributed by atoms with Crippen LogP contribution in [0.15, 0.2) is 18.2 Å². The molecule has 78 valence electrons. The number of hydrogen-bond acceptors (Lipinski definition) is 3. The van der Waals surface area contributed by atoms with Gasteiger partial charge in [-0.3, -0.25) is 0 Å². The zero-order valence-electron chi connectivity index (χ0n) is 8.79. The third kappa shape index (κ3) is 2.47. The molecule has 0 aromatic heterocycles. The van der Waals surface area contributed by atoms with Crippen LogP contribution in [0.4, 0.5) is 0 Å². The number of hydrogen-bond donors (Lipinski definition) is 2. The minimum Gasteiger partial charge on any atom is -0.496 e. The van der Waals surface area contributed by atoms with Gasteiger partial charge in [-0.05, 0) is 37.1 Å². The van der Waals surface area contributed by atoms with Crippen LogP contribution in [0.3, 0.4) is 0 Å². The van der Waals surface area contributed by atoms with E-state index in [1.807, 2.05) is 25.1 Å². The molecule has 0 fully saturated rings. The number of ether oxygens (including phenoxy) is 1. The second-order valence-corrected chi connectivity index (χ2v) is 3.41. The average molecular weight is 194 g/mol. The topological polar surface area (TPSA) is 61.3 Å². The maximum atomic E-state index is 5.94. The molecule has 0 radical (unpaired) electrons. The lowest BCUT2D eigenvalue weighted by Crippen LogP contribution is -2.15. The number of methoxy groups -OCH3 is 1. The summed E-state index contributed by atoms with van der Waals surface area (Å²) in [5.41, 5.74) is 13.6. The van der Waals surface area contributed by atoms with Crippen molar-refractivity contribution < 1.29 is 4.74 Å². The highest BCUT2D eigenvalue weighted by Crippen LogP contribution is 2.23. The Morgan fingerprint density at radius 3 is 2.71 bits per heavy atom. The molecule has 0 spiro atoms. The molecule has 0 unspecified atom stereocenters. The molecule has 0 aliphatic rings. The lowest BCUT2D eigenvalue weighted by atomic mass is 10.0. The van der Waals surface area contributed by atoms with Crippen molar-refractivity contribution in [3.63, 3.8) is 0 Å². The Kier molecular flexibility index (Phi) is 3.92. The molecule has 14 heavy (non-hydrogen) atoms. The Labute approximate surface area is 85.0 Å². The van der Waals surface area contributed by atoms with Crippen molar-refractivity contribution in [2.45, 2.75) is 19.4 Å². The van der Waals surface area contributed by atoms with E-state index < -0.39 is 0 Å². The quantitative estimate of drug-likeness (QED) is 0.760. The van der Waals surface area contributed by atoms with Crippen LogP contribution in [0.25, 0.3) is 0 Å². The Hall–Kier alpha value is -1.06. The van der Waals surface area contributed by atoms with Crippen molar-refractivity contribution in [3.8, 4) is 5.75 Å². The van der Waals surface area contributed by atoms with Crippen LogP contribution in [0.2, 0.25) is 0 Å². The van der Waals surface area contributed by atoms with E-state index >= 15 is 0 Å². The summed E-state index contributed by atoms with van der Waals surface area (Å²) in [7, 11) is 1.67. The normalized spacial score (nSPS) is 12.6. The van der Waals surface area contributed by atoms with E-state index in [1.54, 1.807) is 7.11 Å². The highest BCUT2D eigenvalue weighted by molar-refractivity contribution is 5.37. The molecule has 1 aromatic carbocycles. The Bertz CT molecular complexity index is 299. The van der Waals surface area contributed by atoms with Crippen molar-refractivity contribution in [2.75, 3.05) is 13.7 Å². The van der Waals surface area contributed by atoms with E-state index in [-0.39, 0.29) is 6.04 Å². The van der Waals surface area contributed by atoms with Gasteiger partial charge in [0, 0.05) is 6.04 Å². The molecule has 0 saturated carbocycles. The molecule has 0 amide bonds. The first kappa shape index (κ1) is 11.0. The van der Waals surface area contributed by atoms with E-state index in [4.69, 9.17) is 16.2 Å². The number of nitrogens with two attached hydrogens (primary N) is 2. The van der Waals surface area contributed by atoms with Crippen LogP contribution in [0, 0.1) is 6.92 Å². The summed E-state index contributed by atoms with van der Waals surface area (Å²) in [4.78, 5) is 0. The van der Waals surface area contributed by atoms with Gasteiger partial charge in [-0.1, -0.05) is 12.1 Å². The molecule has 0 saturated heterocycles. The van der Waals surface area contributed by atoms with Gasteiger partial charge >= 0.3 is 0 Å². The molecule has 0 bridgehead atoms. The average Bonchev–Trinajstić information content (AvgIpc) is 2.19. The SMILES string of the molecule is COc1cc([C@@H](N)CCN)ccc1C. The van der Waals surface area contributed by atoms with Gasteiger partial charge in [0.1, 0.15) is 5.75 Å². The molecule has 0 aliphatic heterocycles. The summed E-state index contributed by atoms with van der Waals surface area (Å²) in [5.74, 6) is 0.884. The van der Waals surface area contributed by atoms with Crippen molar-refractivity contribution in [2.24, 2.45) is 11.5 Å². The fourth-order valence-electron chi connectivity index (χ4n) is 1.41. The monoisotopic (exact) mass is 194 g/mol. The van der Waals surface area contributed by atoms with Crippen LogP contribution in [0.5, 0.6) is 5.75 Å². The number of aryl methyl sites for hydroxylation is 1. The van der Waals surface area contributed by atoms with E-state index in [9.17, 15) is 0 Å². The zero-order valence-corrected chi connectivity index (χ0v) is 8.79. The van der Waals surface area contributed by atoms with Gasteiger partial charge in [0.25, 0.3) is 0 Å². The molecule has 1 rings (SSSR count). The van der Waals surface area contributed by atoms with Crippen molar-refractivity contribution in [3.05, 3.63) is 29.3 Å². The van der Waals surface area contributed by atoms with Gasteiger partial charge in [-0.25, -0.2) is 0 Å². The van der Waals surface area contributed by atoms with Crippen LogP contribution in [-0.4, -0.2) is 13.7 Å². The molecule has 0 aliphatic carbocycles. The van der Waals surface area contributed by atoms with Crippen molar-refractivity contribution >= 4 is 0 Å². The summed E-state index contributed by atoms with van der Waals surface area (Å²) < 4.78 is 5.23. The molecule has 3 heteroatoms. The summed E-state index contributed by atoms with van der Waals surface area (Å²) in [6.07, 6.45) is 0.798. The minimum atomic E-state index is 0.00880. The molecule has 4 N–H and O–H groups in total. The van der Waals surface area contributed by atoms with E-state index in [0.717, 1.165) is 23.3 Å². The fraction of sp³-hybridized carbons (Fsp3) is 0.455. The van der Waals surface area contributed by atoms with Gasteiger partial charge in [0.05, 0.1) is 7.11 Å². The molecule has 1 aromatic rings. The second-order valence-electron chi connectivity index (χ2n) is 3.41. The highest BCUT2D eigenvalue weighted by atomic mass is 16.5. The summed E-state index contributed by atoms with van der Waals surface area (Å²) in [6.45, 7) is 2.62. The van der Waals surface area contributed by atoms with Crippen LogP contribution < -0.4 is 16.2 Å². The highest BCUT2D eigenvalue weighted by Gasteiger charge is 2.07. The Morgan fingerprint density at radius 2 is 2.14 bits per heavy atom. The lowest BCUT2D eigenvalue weighted by molar-refractivity contribution is 0.410. The lowest BCUT2D eigenvalue weighted by Gasteiger charge is -2.13. The molecule has 1 atom stereocenters. The van der Waals surface area contributed by atoms with E-state index in [2.05, 4.69) is 0 Å². The summed E-state index contributed by atoms with van der Waals surface area (Å²) in [5, 5.41) is 0. The smallest absolute Gasteiger partial charge is 0.122 e. The summed E-state index contributed by atoms with van der Waals surface area (Å²) in [6, 6.07) is 6.03. The standard InChI is InChI=1S/C11H18N2O/c1-8-3-4-9(7-11(8)14-2)10(13)5-6-12/h3-4,7,10H,5-6,12-13H2,1-2H3/t10-/m0/s1. The van der Waals surface area contributed by atoms with Gasteiger partial charge in [0.15, 0.2) is 0 Å². The van der Waals surface area contributed by atoms with Crippen LogP contribution >= 0.6 is 0 Å². The van der Waals surface area contributed by atoms with Crippen molar-refractivity contribution in [1.82, 2.24) is 0 Å². The maximum absolute atomic E-state index is 5.94. The van der Waals surface area contributed by atoms with E-state index in [0.29, 0.717) is 6.54 Å². The largest absolute Gasteiger partial charge is 0.496 e. The third-order valence-electron chi connectivity index (χ3n) is 2.34. The minimum absolute atomic E-state index is 0.00880. The Morgan fingerprint density at radius 1 is 1.43 bits per heavy atom. The number of rotatable bonds is 4. The first-order valence-electron chi connectivity index (χ1n) is 4.79. The van der Waals surface area contributed by atoms with Crippen molar-refractivity contribution in [1.29, 1.82) is 0 Å². The molecule has 3 nitrogen and oxygen atoms in total. The number of benzene rings is 1. The van der Waals surface area contributed by atoms with Gasteiger partial charge in [-0.15, -0.1) is 0 Å². The zero-order chi connectivity index (χ0) is 10.6. The molecular weight excluding hydrogens is 176 g/mol. The van der Waals surface area contributed by atoms with E-state index in [1.165, 1.54) is 0 Å². The predicted octanol–water partition coefficient (Wildman–Crippen LogP) is 1.35. The van der Waals surface area contributed by atoms with Crippen LogP contribution in [0.1, 0.15) is 23.6 Å². The molecule has 0 heterocycles. The van der Waals surface area contributed by atoms with Crippen LogP contribution in [-0.2, 0) is 0 Å². The summed E-state index contributed by atoms with van der Waals surface area (Å²) >= 11 is 0. The van der Waals surface area contributed by atoms with Gasteiger partial charge in [-0.2, -0.15) is 0 Å². The second kappa shape index (κ2) is 4.98. The first-order valence-corrected chi connectivity index (χ1v) is 4.79. The first-order chi connectivity index (χ1) is 6.69. The predicted molar refractivity (Wildman–Crippen MR) is 58.3 cm³/mol. The maximum Gasteiger partial charge on any atom is 0.122 e. The molecular formula is C11H18N2O. The Balaban J connectivity index is 2.88. The fourth-order valence-corrected chi connectivity index (χ4v) is 1.41. The van der Waals surface area contributed by atoms with Gasteiger partial charge in [0.2, 0.25) is 0 Å². The third-order valence-corrected chi connectivity index (χ3v) is 2.34.